The third-order valence-corrected chi connectivity index (χ3v) is 6.79. The van der Waals surface area contributed by atoms with E-state index in [1.54, 1.807) is 34.4 Å². The van der Waals surface area contributed by atoms with E-state index in [2.05, 4.69) is 13.8 Å². The lowest BCUT2D eigenvalue weighted by molar-refractivity contribution is -0.143. The van der Waals surface area contributed by atoms with E-state index in [0.29, 0.717) is 19.0 Å². The molecule has 1 fully saturated rings. The number of carbonyl (C=O) groups is 2. The van der Waals surface area contributed by atoms with E-state index >= 15 is 0 Å². The monoisotopic (exact) mass is 444 g/mol. The van der Waals surface area contributed by atoms with Gasteiger partial charge in [-0.05, 0) is 54.3 Å². The number of fused-ring (bicyclic) bond motifs is 1. The smallest absolute Gasteiger partial charge is 0.242 e. The molecule has 166 valence electrons. The Labute approximate surface area is 186 Å². The molecular weight excluding hydrogens is 415 g/mol. The number of ether oxygens (including phenoxy) is 1. The summed E-state index contributed by atoms with van der Waals surface area (Å²) < 4.78 is 19.9. The Morgan fingerprint density at radius 3 is 2.74 bits per heavy atom. The molecule has 1 aromatic carbocycles. The highest BCUT2D eigenvalue weighted by Crippen LogP contribution is 2.35. The van der Waals surface area contributed by atoms with Crippen LogP contribution in [0.25, 0.3) is 0 Å². The van der Waals surface area contributed by atoms with Gasteiger partial charge in [0.1, 0.15) is 6.61 Å². The van der Waals surface area contributed by atoms with Crippen LogP contribution in [0.1, 0.15) is 43.2 Å². The first kappa shape index (κ1) is 21.8. The Kier molecular flexibility index (Phi) is 6.60. The minimum atomic E-state index is -0.417. The molecule has 0 N–H and O–H groups in total. The van der Waals surface area contributed by atoms with Crippen LogP contribution >= 0.6 is 11.3 Å². The Bertz CT molecular complexity index is 940. The van der Waals surface area contributed by atoms with E-state index in [9.17, 15) is 14.0 Å². The summed E-state index contributed by atoms with van der Waals surface area (Å²) in [6.07, 6.45) is 2.63. The van der Waals surface area contributed by atoms with Gasteiger partial charge < -0.3 is 14.5 Å². The summed E-state index contributed by atoms with van der Waals surface area (Å²) in [6.45, 7) is 5.53. The summed E-state index contributed by atoms with van der Waals surface area (Å²) in [5.74, 6) is 0.155. The third-order valence-electron chi connectivity index (χ3n) is 5.80. The van der Waals surface area contributed by atoms with Crippen molar-refractivity contribution in [1.29, 1.82) is 0 Å². The number of amides is 2. The first-order chi connectivity index (χ1) is 14.9. The van der Waals surface area contributed by atoms with Crippen LogP contribution in [0.2, 0.25) is 0 Å². The number of thiophene rings is 1. The van der Waals surface area contributed by atoms with Gasteiger partial charge in [-0.2, -0.15) is 0 Å². The number of hydrogen-bond donors (Lipinski definition) is 0. The lowest BCUT2D eigenvalue weighted by Gasteiger charge is -2.37. The van der Waals surface area contributed by atoms with Crippen LogP contribution in [-0.4, -0.2) is 47.9 Å². The average molecular weight is 445 g/mol. The molecule has 4 rings (SSSR count). The summed E-state index contributed by atoms with van der Waals surface area (Å²) >= 11 is 1.67. The minimum Gasteiger partial charge on any atom is -0.488 e. The molecule has 31 heavy (non-hydrogen) atoms. The number of para-hydroxylation sites is 1. The standard InChI is InChI=1S/C24H29FN2O3S/c1-16(2)13-26(24(29)17-7-8-17)14-23(28)27-11-9-22-18(10-12-31-22)20(27)15-30-21-6-4-3-5-19(21)25/h3-6,10,12,16-17,20H,7-9,11,13-15H2,1-2H3/t20-/m1/s1. The molecule has 1 aliphatic heterocycles. The van der Waals surface area contributed by atoms with Crippen molar-refractivity contribution in [1.82, 2.24) is 9.80 Å². The van der Waals surface area contributed by atoms with Crippen molar-refractivity contribution in [3.05, 3.63) is 52.0 Å². The predicted octanol–water partition coefficient (Wildman–Crippen LogP) is 4.29. The molecule has 2 heterocycles. The number of halogens is 1. The Hall–Kier alpha value is -2.41. The fraction of sp³-hybridized carbons (Fsp3) is 0.500. The molecule has 5 nitrogen and oxygen atoms in total. The number of hydrogen-bond acceptors (Lipinski definition) is 4. The van der Waals surface area contributed by atoms with Gasteiger partial charge in [-0.25, -0.2) is 4.39 Å². The van der Waals surface area contributed by atoms with Gasteiger partial charge in [0.05, 0.1) is 12.6 Å². The van der Waals surface area contributed by atoms with Crippen LogP contribution in [0.15, 0.2) is 35.7 Å². The predicted molar refractivity (Wildman–Crippen MR) is 119 cm³/mol. The Morgan fingerprint density at radius 1 is 1.26 bits per heavy atom. The van der Waals surface area contributed by atoms with E-state index in [1.165, 1.54) is 10.9 Å². The van der Waals surface area contributed by atoms with E-state index in [4.69, 9.17) is 4.74 Å². The maximum atomic E-state index is 14.1. The van der Waals surface area contributed by atoms with Crippen molar-refractivity contribution in [2.24, 2.45) is 11.8 Å². The van der Waals surface area contributed by atoms with Crippen LogP contribution in [0, 0.1) is 17.7 Å². The van der Waals surface area contributed by atoms with Gasteiger partial charge in [0.2, 0.25) is 11.8 Å². The molecule has 2 aromatic rings. The second kappa shape index (κ2) is 9.39. The molecule has 1 aromatic heterocycles. The number of rotatable bonds is 8. The van der Waals surface area contributed by atoms with Crippen LogP contribution in [-0.2, 0) is 16.0 Å². The molecule has 0 bridgehead atoms. The highest BCUT2D eigenvalue weighted by Gasteiger charge is 2.37. The van der Waals surface area contributed by atoms with Crippen LogP contribution in [0.3, 0.4) is 0 Å². The summed E-state index contributed by atoms with van der Waals surface area (Å²) in [5, 5.41) is 2.02. The van der Waals surface area contributed by atoms with Crippen molar-refractivity contribution >= 4 is 23.2 Å². The van der Waals surface area contributed by atoms with Crippen molar-refractivity contribution in [3.8, 4) is 5.75 Å². The van der Waals surface area contributed by atoms with Gasteiger partial charge in [-0.1, -0.05) is 26.0 Å². The zero-order valence-electron chi connectivity index (χ0n) is 18.1. The molecule has 0 saturated heterocycles. The Morgan fingerprint density at radius 2 is 2.03 bits per heavy atom. The lowest BCUT2D eigenvalue weighted by atomic mass is 10.00. The molecular formula is C24H29FN2O3S. The molecule has 0 unspecified atom stereocenters. The molecule has 1 aliphatic carbocycles. The zero-order chi connectivity index (χ0) is 22.0. The van der Waals surface area contributed by atoms with Gasteiger partial charge in [-0.3, -0.25) is 9.59 Å². The van der Waals surface area contributed by atoms with Crippen LogP contribution in [0.4, 0.5) is 4.39 Å². The Balaban J connectivity index is 1.51. The molecule has 2 amide bonds. The number of carbonyl (C=O) groups excluding carboxylic acids is 2. The lowest BCUT2D eigenvalue weighted by Crippen LogP contribution is -2.48. The maximum absolute atomic E-state index is 14.1. The summed E-state index contributed by atoms with van der Waals surface area (Å²) in [7, 11) is 0. The van der Waals surface area contributed by atoms with E-state index in [1.807, 2.05) is 16.3 Å². The highest BCUT2D eigenvalue weighted by atomic mass is 32.1. The second-order valence-corrected chi connectivity index (χ2v) is 9.78. The SMILES string of the molecule is CC(C)CN(CC(=O)N1CCc2sccc2[C@H]1COc1ccccc1F)C(=O)C1CC1. The average Bonchev–Trinajstić information content (AvgIpc) is 3.48. The molecule has 1 atom stereocenters. The van der Waals surface area contributed by atoms with E-state index in [0.717, 1.165) is 24.8 Å². The fourth-order valence-corrected chi connectivity index (χ4v) is 5.05. The number of benzene rings is 1. The van der Waals surface area contributed by atoms with Gasteiger partial charge in [-0.15, -0.1) is 11.3 Å². The van der Waals surface area contributed by atoms with Gasteiger partial charge in [0.15, 0.2) is 11.6 Å². The minimum absolute atomic E-state index is 0.0753. The van der Waals surface area contributed by atoms with Crippen molar-refractivity contribution in [2.75, 3.05) is 26.2 Å². The third kappa shape index (κ3) is 5.09. The second-order valence-electron chi connectivity index (χ2n) is 8.78. The van der Waals surface area contributed by atoms with E-state index < -0.39 is 5.82 Å². The van der Waals surface area contributed by atoms with Crippen molar-refractivity contribution in [3.63, 3.8) is 0 Å². The topological polar surface area (TPSA) is 49.9 Å². The maximum Gasteiger partial charge on any atom is 0.242 e. The molecule has 1 saturated carbocycles. The fourth-order valence-electron chi connectivity index (χ4n) is 4.12. The van der Waals surface area contributed by atoms with Gasteiger partial charge >= 0.3 is 0 Å². The van der Waals surface area contributed by atoms with Crippen molar-refractivity contribution in [2.45, 2.75) is 39.2 Å². The van der Waals surface area contributed by atoms with Crippen molar-refractivity contribution < 1.29 is 18.7 Å². The zero-order valence-corrected chi connectivity index (χ0v) is 18.9. The first-order valence-electron chi connectivity index (χ1n) is 11.0. The van der Waals surface area contributed by atoms with E-state index in [-0.39, 0.29) is 42.7 Å². The summed E-state index contributed by atoms with van der Waals surface area (Å²) in [6, 6.07) is 8.04. The summed E-state index contributed by atoms with van der Waals surface area (Å²) in [5.41, 5.74) is 1.06. The van der Waals surface area contributed by atoms with Gasteiger partial charge in [0.25, 0.3) is 0 Å². The highest BCUT2D eigenvalue weighted by molar-refractivity contribution is 7.10. The first-order valence-corrected chi connectivity index (χ1v) is 11.8. The quantitative estimate of drug-likeness (QED) is 0.610. The largest absolute Gasteiger partial charge is 0.488 e. The molecule has 7 heteroatoms. The number of nitrogens with zero attached hydrogens (tertiary/aromatic N) is 2. The summed E-state index contributed by atoms with van der Waals surface area (Å²) in [4.78, 5) is 30.9. The molecule has 0 radical (unpaired) electrons. The van der Waals surface area contributed by atoms with Gasteiger partial charge in [0, 0.05) is 23.9 Å². The molecule has 2 aliphatic rings. The molecule has 0 spiro atoms. The van der Waals surface area contributed by atoms with Crippen LogP contribution in [0.5, 0.6) is 5.75 Å². The van der Waals surface area contributed by atoms with Crippen LogP contribution < -0.4 is 4.74 Å². The normalized spacial score (nSPS) is 18.1.